The van der Waals surface area contributed by atoms with Crippen LogP contribution in [0.3, 0.4) is 0 Å². The van der Waals surface area contributed by atoms with E-state index in [-0.39, 0.29) is 11.7 Å². The number of amides is 1. The fourth-order valence-electron chi connectivity index (χ4n) is 2.22. The maximum absolute atomic E-state index is 12.6. The van der Waals surface area contributed by atoms with Gasteiger partial charge in [-0.2, -0.15) is 5.10 Å². The van der Waals surface area contributed by atoms with Gasteiger partial charge in [-0.25, -0.2) is 13.7 Å². The van der Waals surface area contributed by atoms with E-state index in [1.807, 2.05) is 0 Å². The van der Waals surface area contributed by atoms with Crippen molar-refractivity contribution in [2.75, 3.05) is 11.9 Å². The zero-order valence-corrected chi connectivity index (χ0v) is 15.0. The Balaban J connectivity index is 1.84. The third kappa shape index (κ3) is 3.37. The van der Waals surface area contributed by atoms with Crippen LogP contribution in [0.15, 0.2) is 47.3 Å². The third-order valence-corrected chi connectivity index (χ3v) is 4.66. The predicted octanol–water partition coefficient (Wildman–Crippen LogP) is 2.49. The molecule has 1 N–H and O–H groups in total. The molecule has 9 heteroatoms. The van der Waals surface area contributed by atoms with Gasteiger partial charge >= 0.3 is 0 Å². The molecule has 0 aliphatic carbocycles. The number of halogens is 1. The molecule has 124 valence electrons. The second kappa shape index (κ2) is 6.80. The van der Waals surface area contributed by atoms with Crippen LogP contribution in [-0.2, 0) is 16.8 Å². The molecule has 0 spiro atoms. The van der Waals surface area contributed by atoms with Crippen molar-refractivity contribution in [1.29, 1.82) is 0 Å². The smallest absolute Gasteiger partial charge is 0.259 e. The lowest BCUT2D eigenvalue weighted by atomic mass is 10.2. The molecule has 7 nitrogen and oxygen atoms in total. The molecule has 0 radical (unpaired) electrons. The van der Waals surface area contributed by atoms with Crippen molar-refractivity contribution >= 4 is 44.3 Å². The van der Waals surface area contributed by atoms with Gasteiger partial charge in [0.15, 0.2) is 11.1 Å². The van der Waals surface area contributed by atoms with Crippen molar-refractivity contribution < 1.29 is 13.6 Å². The molecule has 0 saturated heterocycles. The van der Waals surface area contributed by atoms with Crippen LogP contribution < -0.4 is 4.90 Å². The Morgan fingerprint density at radius 1 is 1.38 bits per heavy atom. The number of nitrogens with zero attached hydrogens (tertiary/aromatic N) is 4. The zero-order chi connectivity index (χ0) is 17.3. The molecule has 3 heterocycles. The largest absolute Gasteiger partial charge is 0.306 e. The molecule has 0 fully saturated rings. The maximum atomic E-state index is 12.6. The van der Waals surface area contributed by atoms with Gasteiger partial charge in [0, 0.05) is 25.0 Å². The average molecular weight is 409 g/mol. The Bertz CT molecular complexity index is 926. The molecule has 0 aliphatic heterocycles. The highest BCUT2D eigenvalue weighted by Gasteiger charge is 2.16. The lowest BCUT2D eigenvalue weighted by Gasteiger charge is -2.16. The van der Waals surface area contributed by atoms with Gasteiger partial charge in [-0.15, -0.1) is 0 Å². The monoisotopic (exact) mass is 408 g/mol. The van der Waals surface area contributed by atoms with Crippen LogP contribution in [-0.4, -0.2) is 36.3 Å². The number of hydrogen-bond acceptors (Lipinski definition) is 4. The van der Waals surface area contributed by atoms with Gasteiger partial charge in [0.2, 0.25) is 0 Å². The summed E-state index contributed by atoms with van der Waals surface area (Å²) in [6, 6.07) is 6.76. The summed E-state index contributed by atoms with van der Waals surface area (Å²) in [5.74, 6) is 0.258. The van der Waals surface area contributed by atoms with Gasteiger partial charge in [0.25, 0.3) is 5.91 Å². The van der Waals surface area contributed by atoms with Gasteiger partial charge < -0.3 is 4.55 Å². The molecular weight excluding hydrogens is 396 g/mol. The van der Waals surface area contributed by atoms with Crippen LogP contribution in [0.2, 0.25) is 0 Å². The van der Waals surface area contributed by atoms with E-state index < -0.39 is 11.1 Å². The van der Waals surface area contributed by atoms with Gasteiger partial charge in [0.05, 0.1) is 21.9 Å². The quantitative estimate of drug-likeness (QED) is 0.669. The Hall–Kier alpha value is -2.10. The molecular formula is C15H13BrN4O3S. The number of fused-ring (bicyclic) bond motifs is 1. The van der Waals surface area contributed by atoms with Crippen molar-refractivity contribution in [3.8, 4) is 0 Å². The molecule has 3 aromatic heterocycles. The maximum Gasteiger partial charge on any atom is 0.259 e. The molecule has 3 rings (SSSR count). The number of hydrogen-bond donors (Lipinski definition) is 1. The van der Waals surface area contributed by atoms with Crippen molar-refractivity contribution in [3.63, 3.8) is 0 Å². The number of anilines is 1. The number of rotatable bonds is 4. The minimum absolute atomic E-state index is 0.0108. The molecule has 1 amide bonds. The fourth-order valence-corrected chi connectivity index (χ4v) is 3.07. The van der Waals surface area contributed by atoms with Gasteiger partial charge in [-0.05, 0) is 39.7 Å². The summed E-state index contributed by atoms with van der Waals surface area (Å²) in [4.78, 5) is 18.2. The fraction of sp³-hybridized carbons (Fsp3) is 0.133. The van der Waals surface area contributed by atoms with Crippen LogP contribution >= 0.6 is 15.9 Å². The van der Waals surface area contributed by atoms with Crippen molar-refractivity contribution in [3.05, 3.63) is 58.5 Å². The summed E-state index contributed by atoms with van der Waals surface area (Å²) in [5, 5.41) is 4.14. The van der Waals surface area contributed by atoms with E-state index in [1.165, 1.54) is 11.1 Å². The van der Waals surface area contributed by atoms with Crippen molar-refractivity contribution in [2.24, 2.45) is 0 Å². The zero-order valence-electron chi connectivity index (χ0n) is 12.6. The van der Waals surface area contributed by atoms with E-state index in [0.29, 0.717) is 16.9 Å². The first kappa shape index (κ1) is 16.7. The first-order valence-electron chi connectivity index (χ1n) is 6.89. The summed E-state index contributed by atoms with van der Waals surface area (Å²) in [6.45, 7) is 0. The lowest BCUT2D eigenvalue weighted by Crippen LogP contribution is -2.27. The first-order valence-corrected chi connectivity index (χ1v) is 8.96. The normalized spacial score (nSPS) is 12.3. The Kier molecular flexibility index (Phi) is 4.74. The van der Waals surface area contributed by atoms with E-state index in [2.05, 4.69) is 26.0 Å². The molecule has 1 unspecified atom stereocenters. The summed E-state index contributed by atoms with van der Waals surface area (Å²) in [6.07, 6.45) is 4.87. The predicted molar refractivity (Wildman–Crippen MR) is 94.3 cm³/mol. The van der Waals surface area contributed by atoms with Crippen LogP contribution in [0.1, 0.15) is 15.9 Å². The molecule has 3 aromatic rings. The highest BCUT2D eigenvalue weighted by Crippen LogP contribution is 2.20. The minimum Gasteiger partial charge on any atom is -0.306 e. The van der Waals surface area contributed by atoms with E-state index >= 15 is 0 Å². The van der Waals surface area contributed by atoms with Crippen molar-refractivity contribution in [2.45, 2.75) is 5.75 Å². The topological polar surface area (TPSA) is 87.8 Å². The molecule has 24 heavy (non-hydrogen) atoms. The van der Waals surface area contributed by atoms with Crippen LogP contribution in [0.5, 0.6) is 0 Å². The van der Waals surface area contributed by atoms with Gasteiger partial charge in [-0.3, -0.25) is 9.69 Å². The molecule has 0 bridgehead atoms. The standard InChI is InChI=1S/C15H13BrN4O3S/c1-19(14-3-2-10(7-17-14)9-24(22)23)15(21)11-4-5-20-13(6-11)12(16)8-18-20/h2-8H,9H2,1H3,(H,22,23). The Labute approximate surface area is 148 Å². The Morgan fingerprint density at radius 3 is 2.83 bits per heavy atom. The van der Waals surface area contributed by atoms with Crippen LogP contribution in [0.25, 0.3) is 5.52 Å². The number of carbonyl (C=O) groups is 1. The molecule has 0 aromatic carbocycles. The Morgan fingerprint density at radius 2 is 2.17 bits per heavy atom. The van der Waals surface area contributed by atoms with E-state index in [1.54, 1.807) is 48.2 Å². The molecule has 0 saturated carbocycles. The van der Waals surface area contributed by atoms with Crippen LogP contribution in [0.4, 0.5) is 5.82 Å². The van der Waals surface area contributed by atoms with Gasteiger partial charge in [0.1, 0.15) is 5.82 Å². The minimum atomic E-state index is -1.92. The number of carbonyl (C=O) groups excluding carboxylic acids is 1. The summed E-state index contributed by atoms with van der Waals surface area (Å²) >= 11 is 1.48. The summed E-state index contributed by atoms with van der Waals surface area (Å²) in [7, 11) is 1.63. The number of aromatic nitrogens is 3. The summed E-state index contributed by atoms with van der Waals surface area (Å²) < 4.78 is 22.2. The second-order valence-corrected chi connectivity index (χ2v) is 6.88. The average Bonchev–Trinajstić information content (AvgIpc) is 2.94. The van der Waals surface area contributed by atoms with E-state index in [0.717, 1.165) is 9.99 Å². The van der Waals surface area contributed by atoms with E-state index in [4.69, 9.17) is 4.55 Å². The third-order valence-electron chi connectivity index (χ3n) is 3.47. The van der Waals surface area contributed by atoms with Crippen molar-refractivity contribution in [1.82, 2.24) is 14.6 Å². The first-order chi connectivity index (χ1) is 11.5. The number of pyridine rings is 2. The summed E-state index contributed by atoms with van der Waals surface area (Å²) in [5.41, 5.74) is 1.93. The van der Waals surface area contributed by atoms with Gasteiger partial charge in [-0.1, -0.05) is 6.07 Å². The van der Waals surface area contributed by atoms with E-state index in [9.17, 15) is 9.00 Å². The lowest BCUT2D eigenvalue weighted by molar-refractivity contribution is 0.0992. The SMILES string of the molecule is CN(C(=O)c1ccn2ncc(Br)c2c1)c1ccc(CS(=O)O)cn1. The second-order valence-electron chi connectivity index (χ2n) is 5.09. The highest BCUT2D eigenvalue weighted by atomic mass is 79.9. The van der Waals surface area contributed by atoms with Crippen LogP contribution in [0, 0.1) is 0 Å². The highest BCUT2D eigenvalue weighted by molar-refractivity contribution is 9.10. The molecule has 0 aliphatic rings. The molecule has 1 atom stereocenters.